The van der Waals surface area contributed by atoms with Gasteiger partial charge in [-0.1, -0.05) is 12.1 Å². The molecule has 0 bridgehead atoms. The number of carbonyl (C=O) groups excluding carboxylic acids is 3. The molecule has 0 spiro atoms. The molecular weight excluding hydrogens is 386 g/mol. The number of fused-ring (bicyclic) bond motifs is 3. The maximum Gasteiger partial charge on any atom is 0.344 e. The van der Waals surface area contributed by atoms with Crippen molar-refractivity contribution >= 4 is 45.8 Å². The van der Waals surface area contributed by atoms with Crippen LogP contribution in [0.3, 0.4) is 0 Å². The molecule has 9 heteroatoms. The van der Waals surface area contributed by atoms with Crippen molar-refractivity contribution in [3.05, 3.63) is 59.2 Å². The predicted octanol–water partition coefficient (Wildman–Crippen LogP) is 2.22. The van der Waals surface area contributed by atoms with Crippen LogP contribution >= 0.6 is 0 Å². The zero-order valence-corrected chi connectivity index (χ0v) is 15.8. The lowest BCUT2D eigenvalue weighted by Crippen LogP contribution is -2.19. The molecular formula is C21H15N5O4. The Morgan fingerprint density at radius 3 is 2.50 bits per heavy atom. The highest BCUT2D eigenvalue weighted by Crippen LogP contribution is 2.32. The molecule has 0 aliphatic carbocycles. The molecule has 0 radical (unpaired) electrons. The summed E-state index contributed by atoms with van der Waals surface area (Å²) in [4.78, 5) is 45.9. The fourth-order valence-electron chi connectivity index (χ4n) is 3.62. The lowest BCUT2D eigenvalue weighted by molar-refractivity contribution is 0.0529. The molecule has 2 amide bonds. The first-order valence-corrected chi connectivity index (χ1v) is 9.23. The van der Waals surface area contributed by atoms with Crippen LogP contribution in [0.2, 0.25) is 0 Å². The van der Waals surface area contributed by atoms with Crippen LogP contribution in [0, 0.1) is 0 Å². The molecule has 2 aromatic heterocycles. The maximum absolute atomic E-state index is 12.7. The lowest BCUT2D eigenvalue weighted by atomic mass is 10.1. The third-order valence-corrected chi connectivity index (χ3v) is 4.96. The highest BCUT2D eigenvalue weighted by Gasteiger charge is 2.29. The summed E-state index contributed by atoms with van der Waals surface area (Å²) in [6.45, 7) is 1.87. The second-order valence-corrected chi connectivity index (χ2v) is 6.71. The van der Waals surface area contributed by atoms with Gasteiger partial charge in [-0.3, -0.25) is 19.5 Å². The monoisotopic (exact) mass is 401 g/mol. The summed E-state index contributed by atoms with van der Waals surface area (Å²) in [6.07, 6.45) is 0. The van der Waals surface area contributed by atoms with Gasteiger partial charge in [-0.2, -0.15) is 0 Å². The summed E-state index contributed by atoms with van der Waals surface area (Å²) >= 11 is 0. The van der Waals surface area contributed by atoms with Crippen LogP contribution in [0.4, 0.5) is 5.82 Å². The van der Waals surface area contributed by atoms with Crippen molar-refractivity contribution in [1.29, 1.82) is 0 Å². The fraction of sp³-hybridized carbons (Fsp3) is 0.0952. The van der Waals surface area contributed by atoms with Gasteiger partial charge >= 0.3 is 5.97 Å². The average molecular weight is 401 g/mol. The van der Waals surface area contributed by atoms with E-state index in [2.05, 4.69) is 15.3 Å². The summed E-state index contributed by atoms with van der Waals surface area (Å²) < 4.78 is 6.71. The minimum absolute atomic E-state index is 0.0865. The fourth-order valence-corrected chi connectivity index (χ4v) is 3.62. The molecule has 9 nitrogen and oxygen atoms in total. The average Bonchev–Trinajstić information content (AvgIpc) is 3.18. The van der Waals surface area contributed by atoms with Gasteiger partial charge in [-0.25, -0.2) is 14.8 Å². The summed E-state index contributed by atoms with van der Waals surface area (Å²) in [5, 5.41) is 2.26. The minimum atomic E-state index is -0.614. The maximum atomic E-state index is 12.7. The Labute approximate surface area is 169 Å². The molecule has 148 valence electrons. The van der Waals surface area contributed by atoms with Crippen molar-refractivity contribution < 1.29 is 19.1 Å². The van der Waals surface area contributed by atoms with Gasteiger partial charge in [0.2, 0.25) is 0 Å². The van der Waals surface area contributed by atoms with E-state index in [0.717, 1.165) is 0 Å². The largest absolute Gasteiger partial charge is 0.462 e. The molecule has 30 heavy (non-hydrogen) atoms. The number of nitrogens with one attached hydrogen (secondary N) is 1. The summed E-state index contributed by atoms with van der Waals surface area (Å²) in [6, 6.07) is 12.0. The molecule has 3 N–H and O–H groups in total. The van der Waals surface area contributed by atoms with Crippen LogP contribution in [0.25, 0.3) is 27.9 Å². The Kier molecular flexibility index (Phi) is 3.78. The molecule has 0 saturated heterocycles. The SMILES string of the molecule is CCOC(=O)c1c(N)n(-c2ccc3c(c2)C(=O)NC3=O)c2nc3ccccc3nc12. The summed E-state index contributed by atoms with van der Waals surface area (Å²) in [5.41, 5.74) is 9.31. The van der Waals surface area contributed by atoms with Crippen molar-refractivity contribution in [3.63, 3.8) is 0 Å². The molecule has 2 aromatic carbocycles. The Balaban J connectivity index is 1.84. The molecule has 1 aliphatic rings. The first kappa shape index (κ1) is 17.8. The van der Waals surface area contributed by atoms with Gasteiger partial charge < -0.3 is 10.5 Å². The molecule has 4 aromatic rings. The van der Waals surface area contributed by atoms with E-state index in [1.807, 2.05) is 12.1 Å². The number of benzene rings is 2. The highest BCUT2D eigenvalue weighted by atomic mass is 16.5. The molecule has 0 unspecified atom stereocenters. The predicted molar refractivity (Wildman–Crippen MR) is 109 cm³/mol. The third-order valence-electron chi connectivity index (χ3n) is 4.96. The normalized spacial score (nSPS) is 13.0. The number of para-hydroxylation sites is 2. The van der Waals surface area contributed by atoms with Crippen molar-refractivity contribution in [1.82, 2.24) is 19.9 Å². The van der Waals surface area contributed by atoms with E-state index >= 15 is 0 Å². The number of hydrogen-bond donors (Lipinski definition) is 2. The zero-order valence-electron chi connectivity index (χ0n) is 15.8. The third kappa shape index (κ3) is 2.45. The van der Waals surface area contributed by atoms with Crippen molar-refractivity contribution in [2.45, 2.75) is 6.92 Å². The van der Waals surface area contributed by atoms with E-state index in [4.69, 9.17) is 10.5 Å². The lowest BCUT2D eigenvalue weighted by Gasteiger charge is -2.09. The number of anilines is 1. The summed E-state index contributed by atoms with van der Waals surface area (Å²) in [5.74, 6) is -1.47. The van der Waals surface area contributed by atoms with E-state index < -0.39 is 17.8 Å². The number of aromatic nitrogens is 3. The Morgan fingerprint density at radius 1 is 1.07 bits per heavy atom. The zero-order chi connectivity index (χ0) is 21.0. The van der Waals surface area contributed by atoms with Gasteiger partial charge in [0.25, 0.3) is 11.8 Å². The molecule has 5 rings (SSSR count). The highest BCUT2D eigenvalue weighted by molar-refractivity contribution is 6.21. The minimum Gasteiger partial charge on any atom is -0.462 e. The second-order valence-electron chi connectivity index (χ2n) is 6.71. The standard InChI is InChI=1S/C21H15N5O4/c1-2-30-21(29)15-16-18(24-14-6-4-3-5-13(14)23-16)26(17(15)22)10-7-8-11-12(9-10)20(28)25-19(11)27/h3-9H,2,22H2,1H3,(H,25,27,28). The van der Waals surface area contributed by atoms with E-state index in [0.29, 0.717) is 27.9 Å². The van der Waals surface area contributed by atoms with Crippen molar-refractivity contribution in [2.24, 2.45) is 0 Å². The molecule has 0 fully saturated rings. The quantitative estimate of drug-likeness (QED) is 0.398. The number of nitrogen functional groups attached to an aromatic ring is 1. The molecule has 1 aliphatic heterocycles. The van der Waals surface area contributed by atoms with Crippen LogP contribution in [0.5, 0.6) is 0 Å². The van der Waals surface area contributed by atoms with Crippen LogP contribution in [0.1, 0.15) is 38.0 Å². The molecule has 0 atom stereocenters. The van der Waals surface area contributed by atoms with Crippen LogP contribution < -0.4 is 11.1 Å². The topological polar surface area (TPSA) is 129 Å². The Hall–Kier alpha value is -4.27. The summed E-state index contributed by atoms with van der Waals surface area (Å²) in [7, 11) is 0. The van der Waals surface area contributed by atoms with Crippen LogP contribution in [-0.4, -0.2) is 38.9 Å². The van der Waals surface area contributed by atoms with Crippen LogP contribution in [0.15, 0.2) is 42.5 Å². The van der Waals surface area contributed by atoms with Crippen LogP contribution in [-0.2, 0) is 4.74 Å². The van der Waals surface area contributed by atoms with E-state index in [1.165, 1.54) is 16.7 Å². The smallest absolute Gasteiger partial charge is 0.344 e. The van der Waals surface area contributed by atoms with Gasteiger partial charge in [0.1, 0.15) is 16.9 Å². The number of nitrogens with zero attached hydrogens (tertiary/aromatic N) is 3. The number of ether oxygens (including phenoxy) is 1. The first-order chi connectivity index (χ1) is 14.5. The van der Waals surface area contributed by atoms with Gasteiger partial charge in [-0.15, -0.1) is 0 Å². The first-order valence-electron chi connectivity index (χ1n) is 9.23. The number of esters is 1. The van der Waals surface area contributed by atoms with E-state index in [1.54, 1.807) is 25.1 Å². The van der Waals surface area contributed by atoms with Gasteiger partial charge in [0, 0.05) is 5.69 Å². The van der Waals surface area contributed by atoms with Crippen molar-refractivity contribution in [2.75, 3.05) is 12.3 Å². The molecule has 3 heterocycles. The Morgan fingerprint density at radius 2 is 1.77 bits per heavy atom. The number of carbonyl (C=O) groups is 3. The van der Waals surface area contributed by atoms with Gasteiger partial charge in [0.15, 0.2) is 5.65 Å². The number of nitrogens with two attached hydrogens (primary N) is 1. The number of hydrogen-bond acceptors (Lipinski definition) is 7. The Bertz CT molecular complexity index is 1410. The second kappa shape index (κ2) is 6.38. The number of amides is 2. The number of rotatable bonds is 3. The number of imide groups is 1. The van der Waals surface area contributed by atoms with E-state index in [-0.39, 0.29) is 29.1 Å². The van der Waals surface area contributed by atoms with Gasteiger partial charge in [-0.05, 0) is 37.3 Å². The van der Waals surface area contributed by atoms with E-state index in [9.17, 15) is 14.4 Å². The molecule has 0 saturated carbocycles. The van der Waals surface area contributed by atoms with Crippen molar-refractivity contribution in [3.8, 4) is 5.69 Å². The van der Waals surface area contributed by atoms with Gasteiger partial charge in [0.05, 0.1) is 28.8 Å².